The predicted octanol–water partition coefficient (Wildman–Crippen LogP) is 2.48. The highest BCUT2D eigenvalue weighted by Crippen LogP contribution is 2.27. The Hall–Kier alpha value is -1.49. The van der Waals surface area contributed by atoms with E-state index in [1.807, 2.05) is 32.9 Å². The summed E-state index contributed by atoms with van der Waals surface area (Å²) in [6, 6.07) is 5.19. The molecule has 4 rings (SSSR count). The molecule has 0 saturated carbocycles. The molecule has 1 aromatic carbocycles. The summed E-state index contributed by atoms with van der Waals surface area (Å²) in [6.07, 6.45) is 0.515. The normalized spacial score (nSPS) is 24.2. The first kappa shape index (κ1) is 23.7. The predicted molar refractivity (Wildman–Crippen MR) is 124 cm³/mol. The topological polar surface area (TPSA) is 83.3 Å². The van der Waals surface area contributed by atoms with Crippen molar-refractivity contribution in [2.45, 2.75) is 45.9 Å². The second-order valence-electron chi connectivity index (χ2n) is 8.64. The fraction of sp³-hybridized carbons (Fsp3) is 0.591. The van der Waals surface area contributed by atoms with E-state index in [2.05, 4.69) is 4.90 Å². The Kier molecular flexibility index (Phi) is 6.95. The van der Waals surface area contributed by atoms with Gasteiger partial charge in [0.2, 0.25) is 0 Å². The molecule has 1 aromatic heterocycles. The number of morpholine rings is 1. The maximum absolute atomic E-state index is 13.1. The first-order valence-electron chi connectivity index (χ1n) is 11.1. The van der Waals surface area contributed by atoms with Gasteiger partial charge in [0.25, 0.3) is 10.2 Å². The van der Waals surface area contributed by atoms with Crippen molar-refractivity contribution in [3.05, 3.63) is 44.8 Å². The van der Waals surface area contributed by atoms with Crippen molar-refractivity contribution in [3.8, 4) is 0 Å². The molecule has 176 valence electrons. The first-order valence-corrected chi connectivity index (χ1v) is 12.8. The third kappa shape index (κ3) is 4.88. The smallest absolute Gasteiger partial charge is 0.336 e. The van der Waals surface area contributed by atoms with Crippen LogP contribution in [0, 0.1) is 0 Å². The third-order valence-electron chi connectivity index (χ3n) is 6.14. The number of piperazine rings is 1. The van der Waals surface area contributed by atoms with Gasteiger partial charge in [-0.1, -0.05) is 18.5 Å². The minimum absolute atomic E-state index is 0.118. The van der Waals surface area contributed by atoms with Crippen LogP contribution in [-0.2, 0) is 27.9 Å². The quantitative estimate of drug-likeness (QED) is 0.607. The van der Waals surface area contributed by atoms with Gasteiger partial charge in [-0.2, -0.15) is 17.0 Å². The highest BCUT2D eigenvalue weighted by molar-refractivity contribution is 7.86. The van der Waals surface area contributed by atoms with Crippen LogP contribution in [0.25, 0.3) is 11.0 Å². The molecule has 0 amide bonds. The zero-order valence-corrected chi connectivity index (χ0v) is 20.3. The number of nitrogens with zero attached hydrogens (tertiary/aromatic N) is 3. The van der Waals surface area contributed by atoms with Crippen LogP contribution in [0.4, 0.5) is 0 Å². The molecule has 0 N–H and O–H groups in total. The van der Waals surface area contributed by atoms with E-state index in [-0.39, 0.29) is 12.2 Å². The summed E-state index contributed by atoms with van der Waals surface area (Å²) in [6.45, 7) is 9.04. The summed E-state index contributed by atoms with van der Waals surface area (Å²) < 4.78 is 40.4. The molecule has 8 nitrogen and oxygen atoms in total. The van der Waals surface area contributed by atoms with Crippen LogP contribution in [0.3, 0.4) is 0 Å². The summed E-state index contributed by atoms with van der Waals surface area (Å²) in [5.41, 5.74) is 1.91. The molecule has 0 spiro atoms. The van der Waals surface area contributed by atoms with Gasteiger partial charge in [-0.25, -0.2) is 4.79 Å². The Labute approximate surface area is 193 Å². The second-order valence-corrected chi connectivity index (χ2v) is 11.0. The van der Waals surface area contributed by atoms with Gasteiger partial charge in [0.15, 0.2) is 0 Å². The number of hydrogen-bond acceptors (Lipinski definition) is 6. The van der Waals surface area contributed by atoms with Gasteiger partial charge in [0.05, 0.1) is 12.2 Å². The van der Waals surface area contributed by atoms with Crippen LogP contribution in [0.5, 0.6) is 0 Å². The minimum atomic E-state index is -3.52. The van der Waals surface area contributed by atoms with Crippen LogP contribution in [-0.4, -0.2) is 73.4 Å². The Morgan fingerprint density at radius 2 is 1.66 bits per heavy atom. The van der Waals surface area contributed by atoms with Crippen LogP contribution in [0.2, 0.25) is 5.02 Å². The lowest BCUT2D eigenvalue weighted by Crippen LogP contribution is -2.57. The van der Waals surface area contributed by atoms with Crippen molar-refractivity contribution < 1.29 is 17.6 Å². The molecule has 2 saturated heterocycles. The average Bonchev–Trinajstić information content (AvgIpc) is 2.73. The van der Waals surface area contributed by atoms with Gasteiger partial charge in [-0.05, 0) is 43.5 Å². The summed E-state index contributed by atoms with van der Waals surface area (Å²) in [7, 11) is -3.52. The molecule has 0 bridgehead atoms. The Morgan fingerprint density at radius 3 is 2.28 bits per heavy atom. The van der Waals surface area contributed by atoms with Gasteiger partial charge in [0.1, 0.15) is 5.58 Å². The zero-order valence-electron chi connectivity index (χ0n) is 18.7. The van der Waals surface area contributed by atoms with Crippen LogP contribution in [0.15, 0.2) is 27.4 Å². The molecule has 10 heteroatoms. The molecule has 2 fully saturated rings. The number of hydrogen-bond donors (Lipinski definition) is 0. The van der Waals surface area contributed by atoms with Crippen molar-refractivity contribution in [1.82, 2.24) is 13.5 Å². The van der Waals surface area contributed by atoms with E-state index in [1.165, 1.54) is 10.4 Å². The maximum atomic E-state index is 13.1. The van der Waals surface area contributed by atoms with Crippen molar-refractivity contribution >= 4 is 32.8 Å². The lowest BCUT2D eigenvalue weighted by molar-refractivity contribution is -0.0457. The van der Waals surface area contributed by atoms with Crippen molar-refractivity contribution in [3.63, 3.8) is 0 Å². The molecule has 32 heavy (non-hydrogen) atoms. The number of ether oxygens (including phenoxy) is 1. The molecule has 3 heterocycles. The SMILES string of the molecule is CCc1cc2oc(=O)cc(CN3CCN(S(=O)(=O)N4CC(C)OC(C)C4)CC3)c2cc1Cl. The van der Waals surface area contributed by atoms with E-state index < -0.39 is 15.8 Å². The molecule has 0 aliphatic carbocycles. The molecular weight excluding hydrogens is 454 g/mol. The Balaban J connectivity index is 1.47. The lowest BCUT2D eigenvalue weighted by Gasteiger charge is -2.40. The first-order chi connectivity index (χ1) is 15.2. The van der Waals surface area contributed by atoms with E-state index in [9.17, 15) is 13.2 Å². The number of halogens is 1. The highest BCUT2D eigenvalue weighted by atomic mass is 35.5. The van der Waals surface area contributed by atoms with E-state index in [4.69, 9.17) is 20.8 Å². The van der Waals surface area contributed by atoms with Gasteiger partial charge < -0.3 is 9.15 Å². The van der Waals surface area contributed by atoms with E-state index in [0.29, 0.717) is 56.4 Å². The lowest BCUT2D eigenvalue weighted by atomic mass is 10.1. The summed E-state index contributed by atoms with van der Waals surface area (Å²) >= 11 is 6.40. The van der Waals surface area contributed by atoms with Crippen molar-refractivity contribution in [2.75, 3.05) is 39.3 Å². The number of fused-ring (bicyclic) bond motifs is 1. The van der Waals surface area contributed by atoms with Gasteiger partial charge in [0, 0.05) is 62.3 Å². The van der Waals surface area contributed by atoms with E-state index in [0.717, 1.165) is 22.9 Å². The zero-order chi connectivity index (χ0) is 23.0. The fourth-order valence-electron chi connectivity index (χ4n) is 4.53. The summed E-state index contributed by atoms with van der Waals surface area (Å²) in [5.74, 6) is 0. The molecule has 2 atom stereocenters. The minimum Gasteiger partial charge on any atom is -0.423 e. The van der Waals surface area contributed by atoms with Crippen molar-refractivity contribution in [2.24, 2.45) is 0 Å². The monoisotopic (exact) mass is 483 g/mol. The number of benzene rings is 1. The van der Waals surface area contributed by atoms with Gasteiger partial charge in [-0.3, -0.25) is 4.90 Å². The standard InChI is InChI=1S/C22H30ClN3O5S/c1-4-17-9-21-19(11-20(17)23)18(10-22(27)31-21)14-24-5-7-25(8-6-24)32(28,29)26-12-15(2)30-16(3)13-26/h9-11,15-16H,4-8,12-14H2,1-3H3. The van der Waals surface area contributed by atoms with Gasteiger partial charge >= 0.3 is 5.63 Å². The third-order valence-corrected chi connectivity index (χ3v) is 8.46. The van der Waals surface area contributed by atoms with E-state index in [1.54, 1.807) is 4.31 Å². The highest BCUT2D eigenvalue weighted by Gasteiger charge is 2.36. The Morgan fingerprint density at radius 1 is 1.00 bits per heavy atom. The number of aryl methyl sites for hydroxylation is 1. The molecule has 2 aromatic rings. The Bertz CT molecular complexity index is 1130. The maximum Gasteiger partial charge on any atom is 0.336 e. The van der Waals surface area contributed by atoms with Crippen LogP contribution in [0.1, 0.15) is 31.9 Å². The molecule has 0 radical (unpaired) electrons. The molecule has 2 unspecified atom stereocenters. The average molecular weight is 484 g/mol. The fourth-order valence-corrected chi connectivity index (χ4v) is 6.58. The second kappa shape index (κ2) is 9.40. The molecular formula is C22H30ClN3O5S. The van der Waals surface area contributed by atoms with Crippen LogP contribution < -0.4 is 5.63 Å². The van der Waals surface area contributed by atoms with Gasteiger partial charge in [-0.15, -0.1) is 0 Å². The molecule has 2 aliphatic rings. The summed E-state index contributed by atoms with van der Waals surface area (Å²) in [5, 5.41) is 1.47. The summed E-state index contributed by atoms with van der Waals surface area (Å²) in [4.78, 5) is 14.3. The number of rotatable bonds is 5. The van der Waals surface area contributed by atoms with Crippen molar-refractivity contribution in [1.29, 1.82) is 0 Å². The van der Waals surface area contributed by atoms with Crippen LogP contribution >= 0.6 is 11.6 Å². The molecule has 2 aliphatic heterocycles. The largest absolute Gasteiger partial charge is 0.423 e. The van der Waals surface area contributed by atoms with E-state index >= 15 is 0 Å².